The van der Waals surface area contributed by atoms with Crippen LogP contribution in [0.25, 0.3) is 0 Å². The Morgan fingerprint density at radius 2 is 1.76 bits per heavy atom. The summed E-state index contributed by atoms with van der Waals surface area (Å²) in [5, 5.41) is 7.15. The number of rotatable bonds is 4. The van der Waals surface area contributed by atoms with E-state index in [-0.39, 0.29) is 21.2 Å². The molecule has 25 heavy (non-hydrogen) atoms. The molecule has 134 valence electrons. The van der Waals surface area contributed by atoms with Crippen molar-refractivity contribution in [1.29, 1.82) is 0 Å². The van der Waals surface area contributed by atoms with Gasteiger partial charge in [0.15, 0.2) is 9.84 Å². The number of nitrogens with one attached hydrogen (secondary N) is 1. The molecule has 0 aliphatic heterocycles. The Kier molecular flexibility index (Phi) is 5.19. The topological polar surface area (TPSA) is 123 Å². The number of anilines is 1. The number of sulfonamides is 1. The van der Waals surface area contributed by atoms with Gasteiger partial charge in [-0.3, -0.25) is 4.79 Å². The molecule has 0 fully saturated rings. The Balaban J connectivity index is 2.40. The van der Waals surface area contributed by atoms with Crippen molar-refractivity contribution in [3.05, 3.63) is 52.8 Å². The van der Waals surface area contributed by atoms with Gasteiger partial charge < -0.3 is 5.32 Å². The van der Waals surface area contributed by atoms with Crippen molar-refractivity contribution in [3.63, 3.8) is 0 Å². The van der Waals surface area contributed by atoms with Crippen molar-refractivity contribution < 1.29 is 26.0 Å². The highest BCUT2D eigenvalue weighted by atomic mass is 35.5. The van der Waals surface area contributed by atoms with E-state index >= 15 is 0 Å². The number of carbonyl (C=O) groups is 1. The Morgan fingerprint density at radius 1 is 1.12 bits per heavy atom. The maximum absolute atomic E-state index is 13.5. The largest absolute Gasteiger partial charge is 0.322 e. The number of hydrogen-bond acceptors (Lipinski definition) is 5. The first-order chi connectivity index (χ1) is 11.4. The first-order valence-electron chi connectivity index (χ1n) is 6.52. The molecule has 0 bridgehead atoms. The van der Waals surface area contributed by atoms with Crippen molar-refractivity contribution in [2.45, 2.75) is 9.79 Å². The molecule has 0 saturated carbocycles. The Bertz CT molecular complexity index is 1070. The van der Waals surface area contributed by atoms with Crippen molar-refractivity contribution in [3.8, 4) is 0 Å². The van der Waals surface area contributed by atoms with E-state index in [0.717, 1.165) is 24.5 Å². The van der Waals surface area contributed by atoms with Crippen molar-refractivity contribution >= 4 is 43.1 Å². The van der Waals surface area contributed by atoms with Crippen LogP contribution < -0.4 is 10.5 Å². The summed E-state index contributed by atoms with van der Waals surface area (Å²) in [6.45, 7) is 0. The molecule has 0 unspecified atom stereocenters. The average Bonchev–Trinajstić information content (AvgIpc) is 2.44. The zero-order valence-corrected chi connectivity index (χ0v) is 15.0. The number of sulfone groups is 1. The van der Waals surface area contributed by atoms with Crippen LogP contribution in [0.3, 0.4) is 0 Å². The SMILES string of the molecule is CS(=O)(=O)c1cc(C(=O)Nc2cc(F)cc(S(N)(=O)=O)c2)ccc1Cl. The lowest BCUT2D eigenvalue weighted by molar-refractivity contribution is 0.102. The van der Waals surface area contributed by atoms with E-state index in [2.05, 4.69) is 5.32 Å². The van der Waals surface area contributed by atoms with Crippen molar-refractivity contribution in [2.75, 3.05) is 11.6 Å². The summed E-state index contributed by atoms with van der Waals surface area (Å²) in [5.74, 6) is -1.71. The molecule has 2 aromatic carbocycles. The van der Waals surface area contributed by atoms with Crippen LogP contribution in [0.2, 0.25) is 5.02 Å². The van der Waals surface area contributed by atoms with E-state index in [9.17, 15) is 26.0 Å². The monoisotopic (exact) mass is 406 g/mol. The smallest absolute Gasteiger partial charge is 0.255 e. The molecule has 0 spiro atoms. The molecule has 11 heteroatoms. The summed E-state index contributed by atoms with van der Waals surface area (Å²) in [6, 6.07) is 6.13. The molecule has 2 aromatic rings. The summed E-state index contributed by atoms with van der Waals surface area (Å²) in [4.78, 5) is 11.5. The van der Waals surface area contributed by atoms with Crippen LogP contribution in [0, 0.1) is 5.82 Å². The molecule has 0 radical (unpaired) electrons. The van der Waals surface area contributed by atoms with Gasteiger partial charge in [-0.25, -0.2) is 26.4 Å². The number of halogens is 2. The number of nitrogens with two attached hydrogens (primary N) is 1. The van der Waals surface area contributed by atoms with Gasteiger partial charge in [0.05, 0.1) is 14.8 Å². The van der Waals surface area contributed by atoms with Crippen LogP contribution in [0.4, 0.5) is 10.1 Å². The second kappa shape index (κ2) is 6.71. The van der Waals surface area contributed by atoms with E-state index in [1.54, 1.807) is 0 Å². The van der Waals surface area contributed by atoms with Gasteiger partial charge in [0.1, 0.15) is 5.82 Å². The molecular formula is C14H12ClFN2O5S2. The third-order valence-corrected chi connectivity index (χ3v) is 5.52. The van der Waals surface area contributed by atoms with Gasteiger partial charge in [-0.1, -0.05) is 11.6 Å². The van der Waals surface area contributed by atoms with Gasteiger partial charge in [0.2, 0.25) is 10.0 Å². The number of hydrogen-bond donors (Lipinski definition) is 2. The molecule has 0 heterocycles. The molecular weight excluding hydrogens is 395 g/mol. The second-order valence-corrected chi connectivity index (χ2v) is 9.04. The van der Waals surface area contributed by atoms with E-state index in [0.29, 0.717) is 6.07 Å². The van der Waals surface area contributed by atoms with E-state index in [1.807, 2.05) is 0 Å². The maximum Gasteiger partial charge on any atom is 0.255 e. The summed E-state index contributed by atoms with van der Waals surface area (Å²) in [5.41, 5.74) is -0.226. The van der Waals surface area contributed by atoms with Crippen LogP contribution in [0.1, 0.15) is 10.4 Å². The molecule has 0 saturated heterocycles. The van der Waals surface area contributed by atoms with Gasteiger partial charge in [0, 0.05) is 17.5 Å². The zero-order valence-electron chi connectivity index (χ0n) is 12.7. The first kappa shape index (κ1) is 19.3. The van der Waals surface area contributed by atoms with E-state index < -0.39 is 36.5 Å². The summed E-state index contributed by atoms with van der Waals surface area (Å²) >= 11 is 5.80. The molecule has 1 amide bonds. The molecule has 2 rings (SSSR count). The second-order valence-electron chi connectivity index (χ2n) is 5.09. The van der Waals surface area contributed by atoms with Crippen LogP contribution in [-0.2, 0) is 19.9 Å². The molecule has 3 N–H and O–H groups in total. The Morgan fingerprint density at radius 3 is 2.32 bits per heavy atom. The summed E-state index contributed by atoms with van der Waals surface area (Å²) in [7, 11) is -7.83. The minimum absolute atomic E-state index is 0.0543. The van der Waals surface area contributed by atoms with Gasteiger partial charge in [0.25, 0.3) is 5.91 Å². The van der Waals surface area contributed by atoms with Crippen LogP contribution >= 0.6 is 11.6 Å². The van der Waals surface area contributed by atoms with Gasteiger partial charge in [-0.15, -0.1) is 0 Å². The molecule has 0 atom stereocenters. The minimum atomic E-state index is -4.17. The van der Waals surface area contributed by atoms with Crippen molar-refractivity contribution in [1.82, 2.24) is 0 Å². The van der Waals surface area contributed by atoms with Crippen LogP contribution in [0.15, 0.2) is 46.2 Å². The van der Waals surface area contributed by atoms with Gasteiger partial charge in [-0.05, 0) is 36.4 Å². The number of benzene rings is 2. The summed E-state index contributed by atoms with van der Waals surface area (Å²) < 4.78 is 59.4. The first-order valence-corrected chi connectivity index (χ1v) is 10.3. The standard InChI is InChI=1S/C14H12ClFN2O5S2/c1-24(20,21)13-4-8(2-3-12(13)15)14(19)18-10-5-9(16)6-11(7-10)25(17,22)23/h2-7H,1H3,(H,18,19)(H2,17,22,23). The molecule has 0 aromatic heterocycles. The fraction of sp³-hybridized carbons (Fsp3) is 0.0714. The van der Waals surface area contributed by atoms with E-state index in [4.69, 9.17) is 16.7 Å². The van der Waals surface area contributed by atoms with Crippen molar-refractivity contribution in [2.24, 2.45) is 5.14 Å². The molecule has 0 aliphatic carbocycles. The average molecular weight is 407 g/mol. The fourth-order valence-corrected chi connectivity index (χ4v) is 3.80. The van der Waals surface area contributed by atoms with Crippen LogP contribution in [0.5, 0.6) is 0 Å². The van der Waals surface area contributed by atoms with E-state index in [1.165, 1.54) is 12.1 Å². The minimum Gasteiger partial charge on any atom is -0.322 e. The summed E-state index contributed by atoms with van der Waals surface area (Å²) in [6.07, 6.45) is 0.931. The predicted molar refractivity (Wildman–Crippen MR) is 90.3 cm³/mol. The quantitative estimate of drug-likeness (QED) is 0.800. The fourth-order valence-electron chi connectivity index (χ4n) is 1.93. The van der Waals surface area contributed by atoms with Gasteiger partial charge >= 0.3 is 0 Å². The lowest BCUT2D eigenvalue weighted by Crippen LogP contribution is -2.16. The predicted octanol–water partition coefficient (Wildman–Crippen LogP) is 1.78. The highest BCUT2D eigenvalue weighted by Gasteiger charge is 2.17. The maximum atomic E-state index is 13.5. The third kappa shape index (κ3) is 4.75. The molecule has 7 nitrogen and oxygen atoms in total. The van der Waals surface area contributed by atoms with Gasteiger partial charge in [-0.2, -0.15) is 0 Å². The number of primary sulfonamides is 1. The highest BCUT2D eigenvalue weighted by Crippen LogP contribution is 2.24. The zero-order chi connectivity index (χ0) is 19.0. The Hall–Kier alpha value is -2.01. The normalized spacial score (nSPS) is 12.0. The lowest BCUT2D eigenvalue weighted by Gasteiger charge is -2.09. The molecule has 0 aliphatic rings. The number of amides is 1. The Labute approximate surface area is 148 Å². The number of carbonyl (C=O) groups excluding carboxylic acids is 1. The van der Waals surface area contributed by atoms with Crippen LogP contribution in [-0.4, -0.2) is 29.0 Å². The third-order valence-electron chi connectivity index (χ3n) is 3.05. The lowest BCUT2D eigenvalue weighted by atomic mass is 10.2. The highest BCUT2D eigenvalue weighted by molar-refractivity contribution is 7.90.